The summed E-state index contributed by atoms with van der Waals surface area (Å²) in [6, 6.07) is 22.9. The fraction of sp³-hybridized carbons (Fsp3) is 0.355. The van der Waals surface area contributed by atoms with Crippen molar-refractivity contribution >= 4 is 6.08 Å². The van der Waals surface area contributed by atoms with Crippen LogP contribution in [0.3, 0.4) is 0 Å². The minimum Gasteiger partial charge on any atom is -0.0654 e. The maximum atomic E-state index is 2.50. The van der Waals surface area contributed by atoms with Crippen LogP contribution in [0.5, 0.6) is 0 Å². The first-order chi connectivity index (χ1) is 15.0. The second-order valence-corrected chi connectivity index (χ2v) is 9.71. The van der Waals surface area contributed by atoms with E-state index in [1.165, 1.54) is 63.8 Å². The predicted octanol–water partition coefficient (Wildman–Crippen LogP) is 9.40. The standard InChI is InChI=1S/C31H36/c1-6-7-11-23-16-25-14-15-29(24-12-9-8-10-13-24)31(30(25)17-23)28-19-26(21(2)3)18-27(20-28)22(4)5/h8-10,12-15,17-22H,6-7,11,16H2,1-5H3. The molecule has 3 aromatic carbocycles. The smallest absolute Gasteiger partial charge is 0.00298 e. The maximum absolute atomic E-state index is 2.50. The lowest BCUT2D eigenvalue weighted by Crippen LogP contribution is -1.98. The van der Waals surface area contributed by atoms with Crippen LogP contribution in [0.25, 0.3) is 28.3 Å². The average molecular weight is 409 g/mol. The Morgan fingerprint density at radius 3 is 2.06 bits per heavy atom. The lowest BCUT2D eigenvalue weighted by atomic mass is 9.85. The van der Waals surface area contributed by atoms with Crippen molar-refractivity contribution < 1.29 is 0 Å². The second kappa shape index (κ2) is 9.27. The molecule has 0 aromatic heterocycles. The molecule has 0 heteroatoms. The normalized spacial score (nSPS) is 13.1. The molecule has 0 heterocycles. The van der Waals surface area contributed by atoms with Gasteiger partial charge in [-0.15, -0.1) is 0 Å². The Hall–Kier alpha value is -2.60. The van der Waals surface area contributed by atoms with E-state index >= 15 is 0 Å². The van der Waals surface area contributed by atoms with Crippen LogP contribution in [0, 0.1) is 0 Å². The van der Waals surface area contributed by atoms with Crippen molar-refractivity contribution in [3.8, 4) is 22.3 Å². The fourth-order valence-electron chi connectivity index (χ4n) is 4.70. The summed E-state index contributed by atoms with van der Waals surface area (Å²) >= 11 is 0. The summed E-state index contributed by atoms with van der Waals surface area (Å²) in [6.07, 6.45) is 7.36. The van der Waals surface area contributed by atoms with Gasteiger partial charge in [0.05, 0.1) is 0 Å². The number of hydrogen-bond acceptors (Lipinski definition) is 0. The van der Waals surface area contributed by atoms with Gasteiger partial charge in [-0.1, -0.05) is 113 Å². The van der Waals surface area contributed by atoms with Crippen LogP contribution in [0.4, 0.5) is 0 Å². The van der Waals surface area contributed by atoms with Gasteiger partial charge >= 0.3 is 0 Å². The number of rotatable bonds is 7. The number of unbranched alkanes of at least 4 members (excludes halogenated alkanes) is 1. The summed E-state index contributed by atoms with van der Waals surface area (Å²) in [5.74, 6) is 1.04. The Kier molecular flexibility index (Phi) is 6.46. The predicted molar refractivity (Wildman–Crippen MR) is 137 cm³/mol. The fourth-order valence-corrected chi connectivity index (χ4v) is 4.70. The molecule has 4 rings (SSSR count). The van der Waals surface area contributed by atoms with Crippen LogP contribution in [0.2, 0.25) is 0 Å². The first-order valence-electron chi connectivity index (χ1n) is 12.0. The largest absolute Gasteiger partial charge is 0.0654 e. The molecular weight excluding hydrogens is 372 g/mol. The molecule has 31 heavy (non-hydrogen) atoms. The highest BCUT2D eigenvalue weighted by atomic mass is 14.3. The molecule has 0 saturated carbocycles. The highest BCUT2D eigenvalue weighted by molar-refractivity contribution is 5.92. The molecule has 1 aliphatic rings. The van der Waals surface area contributed by atoms with E-state index < -0.39 is 0 Å². The lowest BCUT2D eigenvalue weighted by Gasteiger charge is -2.19. The van der Waals surface area contributed by atoms with E-state index in [2.05, 4.69) is 101 Å². The van der Waals surface area contributed by atoms with Crippen LogP contribution >= 0.6 is 0 Å². The summed E-state index contributed by atoms with van der Waals surface area (Å²) in [5.41, 5.74) is 12.8. The molecule has 0 unspecified atom stereocenters. The van der Waals surface area contributed by atoms with E-state index in [-0.39, 0.29) is 0 Å². The van der Waals surface area contributed by atoms with Crippen molar-refractivity contribution in [2.24, 2.45) is 0 Å². The zero-order valence-electron chi connectivity index (χ0n) is 19.8. The molecule has 160 valence electrons. The molecule has 0 atom stereocenters. The topological polar surface area (TPSA) is 0 Å². The Morgan fingerprint density at radius 2 is 1.45 bits per heavy atom. The Balaban J connectivity index is 1.96. The molecule has 0 saturated heterocycles. The van der Waals surface area contributed by atoms with E-state index in [4.69, 9.17) is 0 Å². The van der Waals surface area contributed by atoms with E-state index in [0.717, 1.165) is 6.42 Å². The van der Waals surface area contributed by atoms with Crippen LogP contribution in [-0.4, -0.2) is 0 Å². The number of hydrogen-bond donors (Lipinski definition) is 0. The molecule has 0 spiro atoms. The highest BCUT2D eigenvalue weighted by Gasteiger charge is 2.21. The summed E-state index contributed by atoms with van der Waals surface area (Å²) in [7, 11) is 0. The van der Waals surface area contributed by atoms with Crippen molar-refractivity contribution in [3.63, 3.8) is 0 Å². The van der Waals surface area contributed by atoms with Gasteiger partial charge in [0.25, 0.3) is 0 Å². The molecule has 3 aromatic rings. The van der Waals surface area contributed by atoms with E-state index in [1.807, 2.05) is 0 Å². The van der Waals surface area contributed by atoms with Crippen molar-refractivity contribution in [1.82, 2.24) is 0 Å². The summed E-state index contributed by atoms with van der Waals surface area (Å²) in [6.45, 7) is 11.5. The highest BCUT2D eigenvalue weighted by Crippen LogP contribution is 2.43. The SMILES string of the molecule is CCCCC1=Cc2c(ccc(-c3ccccc3)c2-c2cc(C(C)C)cc(C(C)C)c2)C1. The second-order valence-electron chi connectivity index (χ2n) is 9.71. The third-order valence-electron chi connectivity index (χ3n) is 6.64. The van der Waals surface area contributed by atoms with Crippen LogP contribution in [0.1, 0.15) is 88.0 Å². The molecule has 0 N–H and O–H groups in total. The summed E-state index contributed by atoms with van der Waals surface area (Å²) in [5, 5.41) is 0. The Bertz CT molecular complexity index is 1050. The van der Waals surface area contributed by atoms with Gasteiger partial charge in [0, 0.05) is 0 Å². The molecule has 0 nitrogen and oxygen atoms in total. The van der Waals surface area contributed by atoms with Gasteiger partial charge in [-0.05, 0) is 75.6 Å². The van der Waals surface area contributed by atoms with Crippen LogP contribution in [-0.2, 0) is 6.42 Å². The first kappa shape index (κ1) is 21.6. The quantitative estimate of drug-likeness (QED) is 0.365. The Morgan fingerprint density at radius 1 is 0.774 bits per heavy atom. The van der Waals surface area contributed by atoms with E-state index in [1.54, 1.807) is 5.57 Å². The Labute approximate surface area is 189 Å². The van der Waals surface area contributed by atoms with Crippen LogP contribution in [0.15, 0.2) is 66.2 Å². The molecule has 0 fully saturated rings. The van der Waals surface area contributed by atoms with Crippen LogP contribution < -0.4 is 0 Å². The van der Waals surface area contributed by atoms with E-state index in [0.29, 0.717) is 11.8 Å². The minimum absolute atomic E-state index is 0.519. The van der Waals surface area contributed by atoms with Crippen molar-refractivity contribution in [1.29, 1.82) is 0 Å². The third kappa shape index (κ3) is 4.54. The molecule has 0 bridgehead atoms. The molecular formula is C31H36. The molecule has 0 amide bonds. The zero-order chi connectivity index (χ0) is 22.0. The number of allylic oxidation sites excluding steroid dienone is 1. The van der Waals surface area contributed by atoms with Gasteiger partial charge < -0.3 is 0 Å². The third-order valence-corrected chi connectivity index (χ3v) is 6.64. The summed E-state index contributed by atoms with van der Waals surface area (Å²) < 4.78 is 0. The number of fused-ring (bicyclic) bond motifs is 1. The van der Waals surface area contributed by atoms with E-state index in [9.17, 15) is 0 Å². The van der Waals surface area contributed by atoms with Crippen molar-refractivity contribution in [2.45, 2.75) is 72.1 Å². The minimum atomic E-state index is 0.519. The molecule has 1 aliphatic carbocycles. The van der Waals surface area contributed by atoms with Gasteiger partial charge in [0.1, 0.15) is 0 Å². The van der Waals surface area contributed by atoms with Gasteiger partial charge in [0.2, 0.25) is 0 Å². The monoisotopic (exact) mass is 408 g/mol. The lowest BCUT2D eigenvalue weighted by molar-refractivity contribution is 0.779. The van der Waals surface area contributed by atoms with Gasteiger partial charge in [-0.3, -0.25) is 0 Å². The summed E-state index contributed by atoms with van der Waals surface area (Å²) in [4.78, 5) is 0. The first-order valence-corrected chi connectivity index (χ1v) is 12.0. The van der Waals surface area contributed by atoms with Gasteiger partial charge in [0.15, 0.2) is 0 Å². The van der Waals surface area contributed by atoms with Gasteiger partial charge in [-0.2, -0.15) is 0 Å². The molecule has 0 radical (unpaired) electrons. The number of benzene rings is 3. The van der Waals surface area contributed by atoms with Crippen molar-refractivity contribution in [3.05, 3.63) is 88.5 Å². The maximum Gasteiger partial charge on any atom is -0.00298 e. The zero-order valence-corrected chi connectivity index (χ0v) is 19.8. The van der Waals surface area contributed by atoms with Crippen molar-refractivity contribution in [2.75, 3.05) is 0 Å². The van der Waals surface area contributed by atoms with Gasteiger partial charge in [-0.25, -0.2) is 0 Å². The molecule has 0 aliphatic heterocycles. The average Bonchev–Trinajstić information content (AvgIpc) is 3.20.